The Kier molecular flexibility index (Phi) is 3.60. The molecule has 0 bridgehead atoms. The van der Waals surface area contributed by atoms with Crippen molar-refractivity contribution in [3.8, 4) is 11.4 Å². The van der Waals surface area contributed by atoms with E-state index >= 15 is 0 Å². The Hall–Kier alpha value is -2.02. The first-order valence-electron chi connectivity index (χ1n) is 6.09. The van der Waals surface area contributed by atoms with Crippen LogP contribution in [-0.2, 0) is 11.9 Å². The third-order valence-corrected chi connectivity index (χ3v) is 3.37. The molecule has 102 valence electrons. The molecular weight excluding hydrogens is 322 g/mol. The van der Waals surface area contributed by atoms with Gasteiger partial charge in [-0.25, -0.2) is 4.68 Å². The predicted molar refractivity (Wildman–Crippen MR) is 76.2 cm³/mol. The van der Waals surface area contributed by atoms with Crippen molar-refractivity contribution in [2.45, 2.75) is 18.8 Å². The van der Waals surface area contributed by atoms with Gasteiger partial charge in [0.2, 0.25) is 11.7 Å². The highest BCUT2D eigenvalue weighted by atomic mass is 79.9. The van der Waals surface area contributed by atoms with E-state index in [9.17, 15) is 0 Å². The minimum Gasteiger partial charge on any atom is -0.337 e. The highest BCUT2D eigenvalue weighted by Gasteiger charge is 2.10. The lowest BCUT2D eigenvalue weighted by atomic mass is 10.1. The summed E-state index contributed by atoms with van der Waals surface area (Å²) < 4.78 is 6.90. The molecule has 3 rings (SSSR count). The molecule has 0 unspecified atom stereocenters. The van der Waals surface area contributed by atoms with Gasteiger partial charge in [0.15, 0.2) is 0 Å². The van der Waals surface area contributed by atoms with Crippen LogP contribution < -0.4 is 0 Å². The van der Waals surface area contributed by atoms with E-state index < -0.39 is 0 Å². The van der Waals surface area contributed by atoms with Gasteiger partial charge in [0, 0.05) is 17.1 Å². The molecule has 2 heterocycles. The molecule has 0 aliphatic heterocycles. The third-order valence-electron chi connectivity index (χ3n) is 2.80. The molecule has 3 aromatic rings. The minimum absolute atomic E-state index is 0.416. The van der Waals surface area contributed by atoms with Gasteiger partial charge in [0.1, 0.15) is 6.54 Å². The fraction of sp³-hybridized carbons (Fsp3) is 0.231. The van der Waals surface area contributed by atoms with Crippen molar-refractivity contribution in [2.75, 3.05) is 0 Å². The number of halogens is 1. The van der Waals surface area contributed by atoms with Crippen LogP contribution in [0.1, 0.15) is 17.1 Å². The van der Waals surface area contributed by atoms with Crippen LogP contribution in [0.4, 0.5) is 0 Å². The number of hydrogen-bond donors (Lipinski definition) is 0. The van der Waals surface area contributed by atoms with Crippen molar-refractivity contribution in [3.05, 3.63) is 47.6 Å². The van der Waals surface area contributed by atoms with Crippen molar-refractivity contribution >= 4 is 15.9 Å². The summed E-state index contributed by atoms with van der Waals surface area (Å²) in [6.45, 7) is 2.45. The van der Waals surface area contributed by atoms with E-state index in [-0.39, 0.29) is 0 Å². The topological polar surface area (TPSA) is 69.6 Å². The molecule has 0 aliphatic rings. The zero-order chi connectivity index (χ0) is 13.9. The first-order valence-corrected chi connectivity index (χ1v) is 7.21. The van der Waals surface area contributed by atoms with Crippen LogP contribution >= 0.6 is 15.9 Å². The fourth-order valence-electron chi connectivity index (χ4n) is 1.75. The summed E-state index contributed by atoms with van der Waals surface area (Å²) in [5.41, 5.74) is 3.00. The minimum atomic E-state index is 0.416. The standard InChI is InChI=1S/C13H12BrN5O/c1-9-2-4-10(5-3-9)13-15-12(20-17-13)8-19-7-11(6-14)16-18-19/h2-5,7H,6,8H2,1H3. The first-order chi connectivity index (χ1) is 9.74. The molecule has 0 atom stereocenters. The highest BCUT2D eigenvalue weighted by molar-refractivity contribution is 9.08. The number of aromatic nitrogens is 5. The van der Waals surface area contributed by atoms with Crippen molar-refractivity contribution in [2.24, 2.45) is 0 Å². The summed E-state index contributed by atoms with van der Waals surface area (Å²) in [4.78, 5) is 4.36. The van der Waals surface area contributed by atoms with Crippen molar-refractivity contribution < 1.29 is 4.52 Å². The summed E-state index contributed by atoms with van der Waals surface area (Å²) in [6.07, 6.45) is 1.84. The second kappa shape index (κ2) is 5.54. The average Bonchev–Trinajstić information content (AvgIpc) is 3.09. The second-order valence-corrected chi connectivity index (χ2v) is 4.98. The van der Waals surface area contributed by atoms with Crippen molar-refractivity contribution in [1.29, 1.82) is 0 Å². The third kappa shape index (κ3) is 2.77. The Morgan fingerprint density at radius 3 is 2.75 bits per heavy atom. The molecular formula is C13H12BrN5O. The van der Waals surface area contributed by atoms with Gasteiger partial charge in [0.05, 0.1) is 5.69 Å². The SMILES string of the molecule is Cc1ccc(-c2noc(Cn3cc(CBr)nn3)n2)cc1. The Balaban J connectivity index is 1.78. The quantitative estimate of drug-likeness (QED) is 0.686. The number of nitrogens with zero attached hydrogens (tertiary/aromatic N) is 5. The van der Waals surface area contributed by atoms with Crippen molar-refractivity contribution in [3.63, 3.8) is 0 Å². The Morgan fingerprint density at radius 1 is 1.25 bits per heavy atom. The number of hydrogen-bond acceptors (Lipinski definition) is 5. The largest absolute Gasteiger partial charge is 0.337 e. The van der Waals surface area contributed by atoms with E-state index in [1.165, 1.54) is 5.56 Å². The molecule has 0 aliphatic carbocycles. The van der Waals surface area contributed by atoms with Crippen LogP contribution in [0, 0.1) is 6.92 Å². The number of alkyl halides is 1. The van der Waals surface area contributed by atoms with Crippen molar-refractivity contribution in [1.82, 2.24) is 25.1 Å². The molecule has 0 saturated carbocycles. The maximum Gasteiger partial charge on any atom is 0.248 e. The first kappa shape index (κ1) is 13.0. The predicted octanol–water partition coefficient (Wildman–Crippen LogP) is 2.58. The van der Waals surface area contributed by atoms with Crippen LogP contribution in [0.15, 0.2) is 35.0 Å². The molecule has 6 nitrogen and oxygen atoms in total. The number of rotatable bonds is 4. The van der Waals surface area contributed by atoms with E-state index in [4.69, 9.17) is 4.52 Å². The van der Waals surface area contributed by atoms with Gasteiger partial charge >= 0.3 is 0 Å². The van der Waals surface area contributed by atoms with Gasteiger partial charge in [-0.05, 0) is 6.92 Å². The van der Waals surface area contributed by atoms with Gasteiger partial charge in [-0.3, -0.25) is 0 Å². The maximum absolute atomic E-state index is 5.23. The lowest BCUT2D eigenvalue weighted by Crippen LogP contribution is -2.00. The summed E-state index contributed by atoms with van der Waals surface area (Å²) >= 11 is 3.33. The lowest BCUT2D eigenvalue weighted by molar-refractivity contribution is 0.364. The molecule has 2 aromatic heterocycles. The van der Waals surface area contributed by atoms with E-state index in [1.807, 2.05) is 37.4 Å². The van der Waals surface area contributed by atoms with Gasteiger partial charge in [-0.1, -0.05) is 56.1 Å². The molecule has 0 N–H and O–H groups in total. The molecule has 0 saturated heterocycles. The van der Waals surface area contributed by atoms with Gasteiger partial charge in [-0.15, -0.1) is 5.10 Å². The van der Waals surface area contributed by atoms with E-state index in [1.54, 1.807) is 4.68 Å². The van der Waals surface area contributed by atoms with Crippen LogP contribution in [0.5, 0.6) is 0 Å². The Labute approximate surface area is 123 Å². The zero-order valence-corrected chi connectivity index (χ0v) is 12.4. The number of benzene rings is 1. The monoisotopic (exact) mass is 333 g/mol. The summed E-state index contributed by atoms with van der Waals surface area (Å²) in [6, 6.07) is 7.99. The molecule has 0 fully saturated rings. The normalized spacial score (nSPS) is 10.9. The van der Waals surface area contributed by atoms with Gasteiger partial charge in [-0.2, -0.15) is 4.98 Å². The van der Waals surface area contributed by atoms with E-state index in [0.29, 0.717) is 23.6 Å². The molecule has 7 heteroatoms. The van der Waals surface area contributed by atoms with E-state index in [2.05, 4.69) is 36.4 Å². The smallest absolute Gasteiger partial charge is 0.248 e. The van der Waals surface area contributed by atoms with E-state index in [0.717, 1.165) is 11.3 Å². The second-order valence-electron chi connectivity index (χ2n) is 4.42. The summed E-state index contributed by atoms with van der Waals surface area (Å²) in [7, 11) is 0. The van der Waals surface area contributed by atoms with Gasteiger partial charge < -0.3 is 4.52 Å². The van der Waals surface area contributed by atoms with Crippen LogP contribution in [-0.4, -0.2) is 25.1 Å². The molecule has 20 heavy (non-hydrogen) atoms. The fourth-order valence-corrected chi connectivity index (χ4v) is 2.01. The average molecular weight is 334 g/mol. The molecule has 0 radical (unpaired) electrons. The zero-order valence-electron chi connectivity index (χ0n) is 10.8. The van der Waals surface area contributed by atoms with Crippen LogP contribution in [0.25, 0.3) is 11.4 Å². The Bertz CT molecular complexity index is 704. The lowest BCUT2D eigenvalue weighted by Gasteiger charge is -1.94. The van der Waals surface area contributed by atoms with Gasteiger partial charge in [0.25, 0.3) is 0 Å². The van der Waals surface area contributed by atoms with Crippen LogP contribution in [0.2, 0.25) is 0 Å². The Morgan fingerprint density at radius 2 is 2.05 bits per heavy atom. The molecule has 0 spiro atoms. The summed E-state index contributed by atoms with van der Waals surface area (Å²) in [5, 5.41) is 12.6. The number of aryl methyl sites for hydroxylation is 1. The maximum atomic E-state index is 5.23. The molecule has 1 aromatic carbocycles. The highest BCUT2D eigenvalue weighted by Crippen LogP contribution is 2.16. The van der Waals surface area contributed by atoms with Crippen LogP contribution in [0.3, 0.4) is 0 Å². The molecule has 0 amide bonds. The summed E-state index contributed by atoms with van der Waals surface area (Å²) in [5.74, 6) is 1.09.